The van der Waals surface area contributed by atoms with Crippen LogP contribution in [0.25, 0.3) is 0 Å². The van der Waals surface area contributed by atoms with Crippen LogP contribution in [0.3, 0.4) is 0 Å². The summed E-state index contributed by atoms with van der Waals surface area (Å²) in [6.07, 6.45) is 5.35. The van der Waals surface area contributed by atoms with E-state index in [9.17, 15) is 0 Å². The Bertz CT molecular complexity index is 120. The van der Waals surface area contributed by atoms with E-state index in [0.29, 0.717) is 10.6 Å². The van der Waals surface area contributed by atoms with Crippen molar-refractivity contribution in [3.05, 3.63) is 0 Å². The Hall–Kier alpha value is 0.0649. The smallest absolute Gasteiger partial charge is 0.0668 e. The fourth-order valence-electron chi connectivity index (χ4n) is 2.83. The van der Waals surface area contributed by atoms with E-state index in [1.165, 1.54) is 33.0 Å². The van der Waals surface area contributed by atoms with Crippen molar-refractivity contribution >= 4 is 7.28 Å². The predicted octanol–water partition coefficient (Wildman–Crippen LogP) is 4.42. The van der Waals surface area contributed by atoms with E-state index >= 15 is 0 Å². The van der Waals surface area contributed by atoms with Crippen molar-refractivity contribution in [1.82, 2.24) is 0 Å². The third-order valence-corrected chi connectivity index (χ3v) is 2.81. The lowest BCUT2D eigenvalue weighted by Gasteiger charge is -2.33. The van der Waals surface area contributed by atoms with Gasteiger partial charge >= 0.3 is 0 Å². The monoisotopic (exact) mass is 182 g/mol. The van der Waals surface area contributed by atoms with Crippen molar-refractivity contribution < 1.29 is 0 Å². The highest BCUT2D eigenvalue weighted by Gasteiger charge is 2.28. The van der Waals surface area contributed by atoms with Gasteiger partial charge in [0.2, 0.25) is 0 Å². The lowest BCUT2D eigenvalue weighted by Crippen LogP contribution is -2.24. The zero-order valence-corrected chi connectivity index (χ0v) is 10.5. The van der Waals surface area contributed by atoms with Crippen molar-refractivity contribution in [3.8, 4) is 0 Å². The van der Waals surface area contributed by atoms with E-state index in [0.717, 1.165) is 0 Å². The second-order valence-electron chi connectivity index (χ2n) is 6.01. The lowest BCUT2D eigenvalue weighted by molar-refractivity contribution is 0.528. The maximum atomic E-state index is 2.41. The standard InChI is InChI=1S/C12H27B/c1-7-9-11(3,4)13-12(5,6)10-8-2/h13H,7-10H2,1-6H3. The first-order valence-electron chi connectivity index (χ1n) is 5.83. The minimum Gasteiger partial charge on any atom is -0.0668 e. The molecule has 0 aliphatic carbocycles. The first kappa shape index (κ1) is 13.1. The Morgan fingerprint density at radius 3 is 1.31 bits per heavy atom. The molecule has 0 aromatic heterocycles. The van der Waals surface area contributed by atoms with Crippen LogP contribution in [-0.4, -0.2) is 7.28 Å². The van der Waals surface area contributed by atoms with Gasteiger partial charge in [-0.2, -0.15) is 0 Å². The summed E-state index contributed by atoms with van der Waals surface area (Å²) in [4.78, 5) is 0. The van der Waals surface area contributed by atoms with E-state index in [-0.39, 0.29) is 0 Å². The SMILES string of the molecule is CCCC(C)(C)BC(C)(C)CCC. The largest absolute Gasteiger partial charge is 0.134 e. The molecule has 0 radical (unpaired) electrons. The van der Waals surface area contributed by atoms with Crippen LogP contribution in [0.15, 0.2) is 0 Å². The summed E-state index contributed by atoms with van der Waals surface area (Å²) in [5.74, 6) is 0. The van der Waals surface area contributed by atoms with E-state index in [1.54, 1.807) is 0 Å². The average Bonchev–Trinajstić information content (AvgIpc) is 1.82. The van der Waals surface area contributed by atoms with Crippen molar-refractivity contribution in [1.29, 1.82) is 0 Å². The van der Waals surface area contributed by atoms with Gasteiger partial charge in [0.05, 0.1) is 0 Å². The maximum absolute atomic E-state index is 2.41. The second-order valence-corrected chi connectivity index (χ2v) is 6.01. The first-order chi connectivity index (χ1) is 5.83. The number of hydrogen-bond donors (Lipinski definition) is 0. The molecule has 13 heavy (non-hydrogen) atoms. The van der Waals surface area contributed by atoms with Crippen LogP contribution in [0, 0.1) is 0 Å². The van der Waals surface area contributed by atoms with Crippen LogP contribution in [-0.2, 0) is 0 Å². The fourth-order valence-corrected chi connectivity index (χ4v) is 2.83. The van der Waals surface area contributed by atoms with E-state index < -0.39 is 0 Å². The molecule has 0 fully saturated rings. The molecule has 1 heteroatoms. The van der Waals surface area contributed by atoms with Gasteiger partial charge in [-0.25, -0.2) is 0 Å². The van der Waals surface area contributed by atoms with Crippen molar-refractivity contribution in [3.63, 3.8) is 0 Å². The number of rotatable bonds is 6. The predicted molar refractivity (Wildman–Crippen MR) is 65.0 cm³/mol. The Morgan fingerprint density at radius 1 is 0.769 bits per heavy atom. The molecule has 0 heterocycles. The maximum Gasteiger partial charge on any atom is 0.134 e. The lowest BCUT2D eigenvalue weighted by atomic mass is 9.39. The molecule has 0 rings (SSSR count). The fraction of sp³-hybridized carbons (Fsp3) is 1.00. The Morgan fingerprint density at radius 2 is 1.08 bits per heavy atom. The van der Waals surface area contributed by atoms with Crippen LogP contribution in [0.2, 0.25) is 10.6 Å². The van der Waals surface area contributed by atoms with Gasteiger partial charge in [-0.15, -0.1) is 0 Å². The molecule has 78 valence electrons. The van der Waals surface area contributed by atoms with Crippen molar-refractivity contribution in [2.75, 3.05) is 0 Å². The molecule has 0 amide bonds. The molecule has 0 nitrogen and oxygen atoms in total. The van der Waals surface area contributed by atoms with Crippen molar-refractivity contribution in [2.24, 2.45) is 0 Å². The number of hydrogen-bond acceptors (Lipinski definition) is 0. The quantitative estimate of drug-likeness (QED) is 0.533. The highest BCUT2D eigenvalue weighted by molar-refractivity contribution is 6.43. The van der Waals surface area contributed by atoms with Crippen LogP contribution in [0.5, 0.6) is 0 Å². The molecule has 0 N–H and O–H groups in total. The van der Waals surface area contributed by atoms with Gasteiger partial charge in [-0.3, -0.25) is 0 Å². The van der Waals surface area contributed by atoms with Gasteiger partial charge in [-0.1, -0.05) is 77.9 Å². The first-order valence-corrected chi connectivity index (χ1v) is 5.83. The van der Waals surface area contributed by atoms with Gasteiger partial charge in [0.15, 0.2) is 0 Å². The highest BCUT2D eigenvalue weighted by Crippen LogP contribution is 2.41. The molecule has 0 aromatic rings. The molecule has 0 aliphatic heterocycles. The van der Waals surface area contributed by atoms with E-state index in [1.807, 2.05) is 0 Å². The van der Waals surface area contributed by atoms with E-state index in [2.05, 4.69) is 41.5 Å². The van der Waals surface area contributed by atoms with Crippen LogP contribution >= 0.6 is 0 Å². The third-order valence-electron chi connectivity index (χ3n) is 2.81. The Balaban J connectivity index is 4.07. The summed E-state index contributed by atoms with van der Waals surface area (Å²) in [5, 5.41) is 1.07. The van der Waals surface area contributed by atoms with Gasteiger partial charge in [0, 0.05) is 0 Å². The molecular formula is C12H27B. The zero-order valence-electron chi connectivity index (χ0n) is 10.5. The van der Waals surface area contributed by atoms with Gasteiger partial charge < -0.3 is 0 Å². The minimum absolute atomic E-state index is 0.535. The minimum atomic E-state index is 0.535. The zero-order chi connectivity index (χ0) is 10.5. The van der Waals surface area contributed by atoms with E-state index in [4.69, 9.17) is 0 Å². The van der Waals surface area contributed by atoms with Gasteiger partial charge in [0.1, 0.15) is 7.28 Å². The Labute approximate surface area is 85.7 Å². The average molecular weight is 182 g/mol. The summed E-state index contributed by atoms with van der Waals surface area (Å²) < 4.78 is 0. The second kappa shape index (κ2) is 5.07. The molecule has 0 atom stereocenters. The molecule has 0 bridgehead atoms. The van der Waals surface area contributed by atoms with Crippen LogP contribution in [0.4, 0.5) is 0 Å². The van der Waals surface area contributed by atoms with Crippen LogP contribution in [0.1, 0.15) is 67.2 Å². The Kier molecular flexibility index (Phi) is 5.10. The summed E-state index contributed by atoms with van der Waals surface area (Å²) in [5.41, 5.74) is 0. The summed E-state index contributed by atoms with van der Waals surface area (Å²) in [6, 6.07) is 0. The highest BCUT2D eigenvalue weighted by atomic mass is 14.2. The third kappa shape index (κ3) is 6.18. The topological polar surface area (TPSA) is 0 Å². The normalized spacial score (nSPS) is 13.1. The molecule has 0 aromatic carbocycles. The molecule has 0 saturated heterocycles. The molecule has 0 aliphatic rings. The van der Waals surface area contributed by atoms with Crippen LogP contribution < -0.4 is 0 Å². The summed E-state index contributed by atoms with van der Waals surface area (Å²) in [7, 11) is 1.36. The summed E-state index contributed by atoms with van der Waals surface area (Å²) in [6.45, 7) is 14.2. The molecule has 0 saturated carbocycles. The molecule has 0 spiro atoms. The molecule has 0 unspecified atom stereocenters. The summed E-state index contributed by atoms with van der Waals surface area (Å²) >= 11 is 0. The van der Waals surface area contributed by atoms with Gasteiger partial charge in [-0.05, 0) is 0 Å². The van der Waals surface area contributed by atoms with Crippen molar-refractivity contribution in [2.45, 2.75) is 77.9 Å². The van der Waals surface area contributed by atoms with Gasteiger partial charge in [0.25, 0.3) is 0 Å². The molecular weight excluding hydrogens is 155 g/mol.